The first kappa shape index (κ1) is 20.2. The number of aromatic hydroxyl groups is 2. The van der Waals surface area contributed by atoms with Gasteiger partial charge in [-0.3, -0.25) is 0 Å². The van der Waals surface area contributed by atoms with E-state index in [4.69, 9.17) is 20.4 Å². The predicted molar refractivity (Wildman–Crippen MR) is 96.6 cm³/mol. The quantitative estimate of drug-likeness (QED) is 0.555. The van der Waals surface area contributed by atoms with E-state index in [1.54, 1.807) is 66.7 Å². The van der Waals surface area contributed by atoms with Crippen LogP contribution in [0.1, 0.15) is 20.7 Å². The highest BCUT2D eigenvalue weighted by atomic mass is 16.4. The normalized spacial score (nSPS) is 8.92. The third-order valence-corrected chi connectivity index (χ3v) is 2.87. The molecule has 6 heteroatoms. The minimum absolute atomic E-state index is 0.0880. The van der Waals surface area contributed by atoms with E-state index < -0.39 is 11.9 Å². The summed E-state index contributed by atoms with van der Waals surface area (Å²) in [5.41, 5.74) is 0.662. The summed E-state index contributed by atoms with van der Waals surface area (Å²) in [6.07, 6.45) is 0. The van der Waals surface area contributed by atoms with E-state index in [-0.39, 0.29) is 11.5 Å². The molecule has 0 spiro atoms. The van der Waals surface area contributed by atoms with E-state index in [1.807, 2.05) is 0 Å². The van der Waals surface area contributed by atoms with E-state index in [2.05, 4.69) is 0 Å². The van der Waals surface area contributed by atoms with Gasteiger partial charge in [-0.2, -0.15) is 0 Å². The minimum Gasteiger partial charge on any atom is -0.508 e. The van der Waals surface area contributed by atoms with Crippen LogP contribution in [-0.2, 0) is 0 Å². The van der Waals surface area contributed by atoms with Gasteiger partial charge < -0.3 is 20.4 Å². The molecule has 3 rings (SSSR count). The zero-order chi connectivity index (χ0) is 19.4. The second kappa shape index (κ2) is 10.9. The largest absolute Gasteiger partial charge is 0.508 e. The zero-order valence-electron chi connectivity index (χ0n) is 13.7. The fraction of sp³-hybridized carbons (Fsp3) is 0. The van der Waals surface area contributed by atoms with E-state index >= 15 is 0 Å². The van der Waals surface area contributed by atoms with Crippen LogP contribution < -0.4 is 0 Å². The summed E-state index contributed by atoms with van der Waals surface area (Å²) in [4.78, 5) is 20.4. The molecule has 0 aliphatic rings. The SMILES string of the molecule is O=C(O)c1ccccc1.O=C(O)c1ccccc1.Oc1cccc(O)c1. The van der Waals surface area contributed by atoms with Crippen molar-refractivity contribution in [2.24, 2.45) is 0 Å². The summed E-state index contributed by atoms with van der Waals surface area (Å²) in [6.45, 7) is 0. The van der Waals surface area contributed by atoms with Gasteiger partial charge in [0.25, 0.3) is 0 Å². The number of carboxylic acid groups (broad SMARTS) is 2. The lowest BCUT2D eigenvalue weighted by Gasteiger charge is -1.89. The number of carboxylic acids is 2. The molecule has 0 saturated carbocycles. The van der Waals surface area contributed by atoms with Gasteiger partial charge in [-0.1, -0.05) is 42.5 Å². The molecule has 6 nitrogen and oxygen atoms in total. The van der Waals surface area contributed by atoms with Gasteiger partial charge in [0, 0.05) is 6.07 Å². The summed E-state index contributed by atoms with van der Waals surface area (Å²) in [5, 5.41) is 34.1. The second-order valence-electron chi connectivity index (χ2n) is 4.86. The first-order chi connectivity index (χ1) is 12.4. The fourth-order valence-electron chi connectivity index (χ4n) is 1.65. The smallest absolute Gasteiger partial charge is 0.335 e. The lowest BCUT2D eigenvalue weighted by molar-refractivity contribution is 0.0686. The molecular weight excluding hydrogens is 336 g/mol. The molecule has 0 aliphatic carbocycles. The molecule has 0 unspecified atom stereocenters. The Bertz CT molecular complexity index is 749. The lowest BCUT2D eigenvalue weighted by Crippen LogP contribution is -1.93. The molecule has 0 bridgehead atoms. The van der Waals surface area contributed by atoms with Gasteiger partial charge in [-0.15, -0.1) is 0 Å². The average Bonchev–Trinajstić information content (AvgIpc) is 2.64. The molecule has 3 aromatic carbocycles. The average molecular weight is 354 g/mol. The molecular formula is C20H18O6. The Morgan fingerprint density at radius 2 is 0.885 bits per heavy atom. The van der Waals surface area contributed by atoms with Crippen molar-refractivity contribution in [3.05, 3.63) is 96.1 Å². The Balaban J connectivity index is 0.000000195. The van der Waals surface area contributed by atoms with Crippen LogP contribution in [0.5, 0.6) is 11.5 Å². The standard InChI is InChI=1S/2C7H6O2.C6H6O2/c2*8-7(9)6-4-2-1-3-5-6;7-5-2-1-3-6(8)4-5/h2*1-5H,(H,8,9);1-4,7-8H. The highest BCUT2D eigenvalue weighted by Gasteiger charge is 1.97. The maximum absolute atomic E-state index is 10.2. The molecule has 3 aromatic rings. The maximum atomic E-state index is 10.2. The molecule has 0 heterocycles. The molecule has 0 radical (unpaired) electrons. The third kappa shape index (κ3) is 8.16. The number of hydrogen-bond donors (Lipinski definition) is 4. The molecule has 0 amide bonds. The van der Waals surface area contributed by atoms with Gasteiger partial charge in [-0.25, -0.2) is 9.59 Å². The molecule has 0 aliphatic heterocycles. The number of carbonyl (C=O) groups is 2. The fourth-order valence-corrected chi connectivity index (χ4v) is 1.65. The second-order valence-corrected chi connectivity index (χ2v) is 4.86. The Hall–Kier alpha value is -3.80. The molecule has 4 N–H and O–H groups in total. The summed E-state index contributed by atoms with van der Waals surface area (Å²) < 4.78 is 0. The number of phenols is 2. The minimum atomic E-state index is -0.879. The van der Waals surface area contributed by atoms with Gasteiger partial charge >= 0.3 is 11.9 Å². The van der Waals surface area contributed by atoms with Crippen molar-refractivity contribution in [2.45, 2.75) is 0 Å². The highest BCUT2D eigenvalue weighted by molar-refractivity contribution is 5.87. The molecule has 0 fully saturated rings. The van der Waals surface area contributed by atoms with Crippen molar-refractivity contribution >= 4 is 11.9 Å². The first-order valence-corrected chi connectivity index (χ1v) is 7.45. The van der Waals surface area contributed by atoms with Gasteiger partial charge in [0.05, 0.1) is 11.1 Å². The van der Waals surface area contributed by atoms with E-state index in [0.29, 0.717) is 11.1 Å². The number of phenolic OH excluding ortho intramolecular Hbond substituents is 2. The molecule has 0 saturated heterocycles. The Morgan fingerprint density at radius 1 is 0.538 bits per heavy atom. The van der Waals surface area contributed by atoms with Gasteiger partial charge in [0.15, 0.2) is 0 Å². The van der Waals surface area contributed by atoms with Crippen LogP contribution in [0.2, 0.25) is 0 Å². The van der Waals surface area contributed by atoms with Gasteiger partial charge in [0.2, 0.25) is 0 Å². The van der Waals surface area contributed by atoms with Crippen LogP contribution in [0.25, 0.3) is 0 Å². The predicted octanol–water partition coefficient (Wildman–Crippen LogP) is 3.87. The topological polar surface area (TPSA) is 115 Å². The Kier molecular flexibility index (Phi) is 8.47. The first-order valence-electron chi connectivity index (χ1n) is 7.45. The van der Waals surface area contributed by atoms with Crippen molar-refractivity contribution in [3.63, 3.8) is 0 Å². The molecule has 26 heavy (non-hydrogen) atoms. The van der Waals surface area contributed by atoms with Gasteiger partial charge in [-0.05, 0) is 36.4 Å². The number of hydrogen-bond acceptors (Lipinski definition) is 4. The van der Waals surface area contributed by atoms with E-state index in [9.17, 15) is 9.59 Å². The van der Waals surface area contributed by atoms with Crippen molar-refractivity contribution in [2.75, 3.05) is 0 Å². The van der Waals surface area contributed by atoms with Crippen LogP contribution in [0.15, 0.2) is 84.9 Å². The molecule has 134 valence electrons. The zero-order valence-corrected chi connectivity index (χ0v) is 13.7. The maximum Gasteiger partial charge on any atom is 0.335 e. The van der Waals surface area contributed by atoms with Crippen LogP contribution in [-0.4, -0.2) is 32.4 Å². The summed E-state index contributed by atoms with van der Waals surface area (Å²) >= 11 is 0. The number of benzene rings is 3. The van der Waals surface area contributed by atoms with Crippen LogP contribution in [0.3, 0.4) is 0 Å². The van der Waals surface area contributed by atoms with E-state index in [0.717, 1.165) is 0 Å². The van der Waals surface area contributed by atoms with E-state index in [1.165, 1.54) is 18.2 Å². The number of aromatic carboxylic acids is 2. The lowest BCUT2D eigenvalue weighted by atomic mass is 10.2. The van der Waals surface area contributed by atoms with Crippen molar-refractivity contribution in [3.8, 4) is 11.5 Å². The van der Waals surface area contributed by atoms with Crippen LogP contribution in [0, 0.1) is 0 Å². The highest BCUT2D eigenvalue weighted by Crippen LogP contribution is 2.14. The Morgan fingerprint density at radius 3 is 1.08 bits per heavy atom. The van der Waals surface area contributed by atoms with Crippen LogP contribution >= 0.6 is 0 Å². The van der Waals surface area contributed by atoms with Gasteiger partial charge in [0.1, 0.15) is 11.5 Å². The van der Waals surface area contributed by atoms with Crippen molar-refractivity contribution in [1.29, 1.82) is 0 Å². The summed E-state index contributed by atoms with van der Waals surface area (Å²) in [7, 11) is 0. The van der Waals surface area contributed by atoms with Crippen molar-refractivity contribution in [1.82, 2.24) is 0 Å². The Labute approximate surface area is 150 Å². The molecule has 0 aromatic heterocycles. The van der Waals surface area contributed by atoms with Crippen molar-refractivity contribution < 1.29 is 30.0 Å². The number of rotatable bonds is 2. The monoisotopic (exact) mass is 354 g/mol. The van der Waals surface area contributed by atoms with Crippen LogP contribution in [0.4, 0.5) is 0 Å². The molecule has 0 atom stereocenters. The summed E-state index contributed by atoms with van der Waals surface area (Å²) in [6, 6.07) is 22.4. The third-order valence-electron chi connectivity index (χ3n) is 2.87. The summed E-state index contributed by atoms with van der Waals surface area (Å²) in [5.74, 6) is -1.58.